The van der Waals surface area contributed by atoms with Crippen molar-refractivity contribution in [2.75, 3.05) is 26.8 Å². The molecule has 0 atom stereocenters. The lowest BCUT2D eigenvalue weighted by molar-refractivity contribution is 0.0402. The van der Waals surface area contributed by atoms with Gasteiger partial charge in [0.05, 0.1) is 0 Å². The monoisotopic (exact) mass is 252 g/mol. The molecule has 3 nitrogen and oxygen atoms in total. The summed E-state index contributed by atoms with van der Waals surface area (Å²) in [5.41, 5.74) is 7.32. The molecule has 1 saturated heterocycles. The Kier molecular flexibility index (Phi) is 4.32. The zero-order valence-electron chi connectivity index (χ0n) is 10.9. The molecule has 0 unspecified atom stereocenters. The number of nitrogens with zero attached hydrogens (tertiary/aromatic N) is 1. The highest BCUT2D eigenvalue weighted by molar-refractivity contribution is 5.15. The van der Waals surface area contributed by atoms with Crippen LogP contribution in [0.4, 0.5) is 4.39 Å². The highest BCUT2D eigenvalue weighted by Gasteiger charge is 2.29. The second kappa shape index (κ2) is 5.78. The van der Waals surface area contributed by atoms with Gasteiger partial charge >= 0.3 is 0 Å². The molecule has 0 aromatic heterocycles. The van der Waals surface area contributed by atoms with E-state index in [-0.39, 0.29) is 11.4 Å². The van der Waals surface area contributed by atoms with Gasteiger partial charge in [-0.1, -0.05) is 12.1 Å². The third-order valence-corrected chi connectivity index (χ3v) is 3.44. The zero-order valence-corrected chi connectivity index (χ0v) is 10.9. The first kappa shape index (κ1) is 13.5. The van der Waals surface area contributed by atoms with Crippen molar-refractivity contribution in [1.82, 2.24) is 4.90 Å². The highest BCUT2D eigenvalue weighted by atomic mass is 19.1. The van der Waals surface area contributed by atoms with E-state index in [1.807, 2.05) is 19.2 Å². The first-order valence-electron chi connectivity index (χ1n) is 6.37. The maximum atomic E-state index is 12.8. The number of likely N-dealkylation sites (N-methyl/N-ethyl adjacent to an activating group) is 1. The van der Waals surface area contributed by atoms with E-state index in [4.69, 9.17) is 10.5 Å². The standard InChI is InChI=1S/C14H21FN2O/c1-17(10-12-2-4-13(15)5-3-12)11-14(16)6-8-18-9-7-14/h2-5H,6-11,16H2,1H3. The Morgan fingerprint density at radius 3 is 2.50 bits per heavy atom. The molecule has 2 rings (SSSR count). The Bertz CT molecular complexity index is 374. The number of ether oxygens (including phenoxy) is 1. The highest BCUT2D eigenvalue weighted by Crippen LogP contribution is 2.19. The molecule has 1 aromatic rings. The molecular formula is C14H21FN2O. The molecule has 1 aromatic carbocycles. The summed E-state index contributed by atoms with van der Waals surface area (Å²) in [5.74, 6) is -0.193. The minimum Gasteiger partial charge on any atom is -0.381 e. The van der Waals surface area contributed by atoms with Crippen LogP contribution in [0.25, 0.3) is 0 Å². The second-order valence-electron chi connectivity index (χ2n) is 5.27. The Morgan fingerprint density at radius 2 is 1.89 bits per heavy atom. The third-order valence-electron chi connectivity index (χ3n) is 3.44. The molecule has 1 heterocycles. The molecular weight excluding hydrogens is 231 g/mol. The zero-order chi connectivity index (χ0) is 13.0. The van der Waals surface area contributed by atoms with Crippen molar-refractivity contribution < 1.29 is 9.13 Å². The largest absolute Gasteiger partial charge is 0.381 e. The summed E-state index contributed by atoms with van der Waals surface area (Å²) in [6.45, 7) is 3.13. The fraction of sp³-hybridized carbons (Fsp3) is 0.571. The summed E-state index contributed by atoms with van der Waals surface area (Å²) in [4.78, 5) is 2.19. The molecule has 0 spiro atoms. The normalized spacial score (nSPS) is 19.1. The van der Waals surface area contributed by atoms with Crippen LogP contribution in [0.2, 0.25) is 0 Å². The van der Waals surface area contributed by atoms with E-state index in [2.05, 4.69) is 4.90 Å². The average molecular weight is 252 g/mol. The van der Waals surface area contributed by atoms with Crippen molar-refractivity contribution in [1.29, 1.82) is 0 Å². The summed E-state index contributed by atoms with van der Waals surface area (Å²) >= 11 is 0. The second-order valence-corrected chi connectivity index (χ2v) is 5.27. The van der Waals surface area contributed by atoms with Gasteiger partial charge in [0.1, 0.15) is 5.82 Å². The molecule has 0 saturated carbocycles. The summed E-state index contributed by atoms with van der Waals surface area (Å²) in [7, 11) is 2.05. The predicted octanol–water partition coefficient (Wildman–Crippen LogP) is 1.77. The van der Waals surface area contributed by atoms with Crippen molar-refractivity contribution in [3.8, 4) is 0 Å². The number of benzene rings is 1. The molecule has 1 aliphatic rings. The first-order valence-corrected chi connectivity index (χ1v) is 6.37. The molecule has 1 fully saturated rings. The lowest BCUT2D eigenvalue weighted by atomic mass is 9.91. The summed E-state index contributed by atoms with van der Waals surface area (Å²) < 4.78 is 18.1. The van der Waals surface area contributed by atoms with Gasteiger partial charge in [-0.2, -0.15) is 0 Å². The van der Waals surface area contributed by atoms with Crippen LogP contribution < -0.4 is 5.73 Å². The number of rotatable bonds is 4. The van der Waals surface area contributed by atoms with E-state index < -0.39 is 0 Å². The minimum absolute atomic E-state index is 0.146. The number of halogens is 1. The van der Waals surface area contributed by atoms with Gasteiger partial charge in [0.15, 0.2) is 0 Å². The van der Waals surface area contributed by atoms with Gasteiger partial charge in [0.25, 0.3) is 0 Å². The van der Waals surface area contributed by atoms with E-state index in [1.165, 1.54) is 12.1 Å². The summed E-state index contributed by atoms with van der Waals surface area (Å²) in [5, 5.41) is 0. The summed E-state index contributed by atoms with van der Waals surface area (Å²) in [6, 6.07) is 6.63. The van der Waals surface area contributed by atoms with Crippen LogP contribution >= 0.6 is 0 Å². The van der Waals surface area contributed by atoms with Crippen molar-refractivity contribution in [3.63, 3.8) is 0 Å². The molecule has 0 bridgehead atoms. The van der Waals surface area contributed by atoms with E-state index in [0.717, 1.165) is 44.7 Å². The molecule has 4 heteroatoms. The topological polar surface area (TPSA) is 38.5 Å². The lowest BCUT2D eigenvalue weighted by Crippen LogP contribution is -2.52. The lowest BCUT2D eigenvalue weighted by Gasteiger charge is -2.36. The van der Waals surface area contributed by atoms with Crippen LogP contribution in [-0.2, 0) is 11.3 Å². The SMILES string of the molecule is CN(Cc1ccc(F)cc1)CC1(N)CCOCC1. The Morgan fingerprint density at radius 1 is 1.28 bits per heavy atom. The number of hydrogen-bond donors (Lipinski definition) is 1. The van der Waals surface area contributed by atoms with Gasteiger partial charge in [-0.25, -0.2) is 4.39 Å². The van der Waals surface area contributed by atoms with Crippen LogP contribution in [0.3, 0.4) is 0 Å². The molecule has 100 valence electrons. The molecule has 18 heavy (non-hydrogen) atoms. The van der Waals surface area contributed by atoms with Gasteiger partial charge < -0.3 is 15.4 Å². The Balaban J connectivity index is 1.87. The molecule has 0 radical (unpaired) electrons. The minimum atomic E-state index is -0.193. The molecule has 2 N–H and O–H groups in total. The maximum Gasteiger partial charge on any atom is 0.123 e. The number of hydrogen-bond acceptors (Lipinski definition) is 3. The van der Waals surface area contributed by atoms with E-state index in [9.17, 15) is 4.39 Å². The van der Waals surface area contributed by atoms with E-state index in [0.29, 0.717) is 0 Å². The molecule has 0 amide bonds. The van der Waals surface area contributed by atoms with Gasteiger partial charge in [-0.3, -0.25) is 0 Å². The first-order chi connectivity index (χ1) is 8.57. The van der Waals surface area contributed by atoms with Crippen molar-refractivity contribution in [2.24, 2.45) is 5.73 Å². The fourth-order valence-corrected chi connectivity index (χ4v) is 2.43. The van der Waals surface area contributed by atoms with Crippen LogP contribution in [-0.4, -0.2) is 37.2 Å². The van der Waals surface area contributed by atoms with Crippen molar-refractivity contribution in [2.45, 2.75) is 24.9 Å². The van der Waals surface area contributed by atoms with Crippen LogP contribution in [0.15, 0.2) is 24.3 Å². The van der Waals surface area contributed by atoms with Crippen molar-refractivity contribution >= 4 is 0 Å². The number of nitrogens with two attached hydrogens (primary N) is 1. The smallest absolute Gasteiger partial charge is 0.123 e. The molecule has 0 aliphatic carbocycles. The third kappa shape index (κ3) is 3.77. The predicted molar refractivity (Wildman–Crippen MR) is 69.7 cm³/mol. The summed E-state index contributed by atoms with van der Waals surface area (Å²) in [6.07, 6.45) is 1.81. The van der Waals surface area contributed by atoms with Crippen molar-refractivity contribution in [3.05, 3.63) is 35.6 Å². The Labute approximate surface area is 108 Å². The van der Waals surface area contributed by atoms with Gasteiger partial charge in [0.2, 0.25) is 0 Å². The molecule has 1 aliphatic heterocycles. The maximum absolute atomic E-state index is 12.8. The average Bonchev–Trinajstić information content (AvgIpc) is 2.32. The van der Waals surface area contributed by atoms with Crippen LogP contribution in [0.5, 0.6) is 0 Å². The van der Waals surface area contributed by atoms with Gasteiger partial charge in [-0.15, -0.1) is 0 Å². The van der Waals surface area contributed by atoms with Gasteiger partial charge in [-0.05, 0) is 37.6 Å². The Hall–Kier alpha value is -0.970. The van der Waals surface area contributed by atoms with E-state index >= 15 is 0 Å². The quantitative estimate of drug-likeness (QED) is 0.887. The van der Waals surface area contributed by atoms with Crippen LogP contribution in [0, 0.1) is 5.82 Å². The van der Waals surface area contributed by atoms with E-state index in [1.54, 1.807) is 0 Å². The van der Waals surface area contributed by atoms with Gasteiger partial charge in [0, 0.05) is 31.8 Å². The van der Waals surface area contributed by atoms with Crippen LogP contribution in [0.1, 0.15) is 18.4 Å². The fourth-order valence-electron chi connectivity index (χ4n) is 2.43.